The van der Waals surface area contributed by atoms with Crippen LogP contribution < -0.4 is 0 Å². The maximum atomic E-state index is 9.21. The molecule has 0 atom stereocenters. The Labute approximate surface area is 68.0 Å². The first kappa shape index (κ1) is 8.97. The molecule has 0 saturated carbocycles. The molecule has 1 saturated heterocycles. The summed E-state index contributed by atoms with van der Waals surface area (Å²) in [4.78, 5) is 2.11. The number of hydrogen-bond acceptors (Lipinski definition) is 3. The molecule has 1 aliphatic heterocycles. The van der Waals surface area contributed by atoms with Crippen molar-refractivity contribution in [3.8, 4) is 0 Å². The van der Waals surface area contributed by atoms with Crippen LogP contribution in [0.3, 0.4) is 0 Å². The highest BCUT2D eigenvalue weighted by molar-refractivity contribution is 4.89. The van der Waals surface area contributed by atoms with Crippen LogP contribution in [-0.2, 0) is 4.74 Å². The van der Waals surface area contributed by atoms with E-state index in [1.165, 1.54) is 0 Å². The standard InChI is InChI=1S/C8H17NO2/c1-9(2)8(7-10)3-5-11-6-4-8/h10H,3-7H2,1-2H3. The molecule has 1 fully saturated rings. The molecule has 0 aromatic heterocycles. The van der Waals surface area contributed by atoms with Gasteiger partial charge in [-0.3, -0.25) is 0 Å². The molecular weight excluding hydrogens is 142 g/mol. The molecule has 0 bridgehead atoms. The first-order valence-corrected chi connectivity index (χ1v) is 4.07. The van der Waals surface area contributed by atoms with Gasteiger partial charge in [0, 0.05) is 18.8 Å². The number of likely N-dealkylation sites (N-methyl/N-ethyl adjacent to an activating group) is 1. The van der Waals surface area contributed by atoms with Crippen LogP contribution in [0.5, 0.6) is 0 Å². The highest BCUT2D eigenvalue weighted by Crippen LogP contribution is 2.24. The van der Waals surface area contributed by atoms with E-state index in [2.05, 4.69) is 4.90 Å². The molecule has 1 rings (SSSR count). The van der Waals surface area contributed by atoms with E-state index < -0.39 is 0 Å². The van der Waals surface area contributed by atoms with Crippen molar-refractivity contribution in [1.82, 2.24) is 4.90 Å². The van der Waals surface area contributed by atoms with E-state index in [0.717, 1.165) is 26.1 Å². The summed E-state index contributed by atoms with van der Waals surface area (Å²) in [5.74, 6) is 0. The summed E-state index contributed by atoms with van der Waals surface area (Å²) in [7, 11) is 4.03. The summed E-state index contributed by atoms with van der Waals surface area (Å²) < 4.78 is 5.24. The minimum atomic E-state index is -0.0156. The smallest absolute Gasteiger partial charge is 0.0616 e. The van der Waals surface area contributed by atoms with Gasteiger partial charge in [0.1, 0.15) is 0 Å². The highest BCUT2D eigenvalue weighted by atomic mass is 16.5. The Bertz CT molecular complexity index is 119. The molecule has 0 radical (unpaired) electrons. The van der Waals surface area contributed by atoms with Crippen LogP contribution >= 0.6 is 0 Å². The number of aliphatic hydroxyl groups excluding tert-OH is 1. The molecule has 1 aliphatic rings. The van der Waals surface area contributed by atoms with Crippen LogP contribution in [0.25, 0.3) is 0 Å². The van der Waals surface area contributed by atoms with Crippen molar-refractivity contribution in [2.75, 3.05) is 33.9 Å². The van der Waals surface area contributed by atoms with E-state index >= 15 is 0 Å². The normalized spacial score (nSPS) is 24.0. The number of hydrogen-bond donors (Lipinski definition) is 1. The fraction of sp³-hybridized carbons (Fsp3) is 1.00. The van der Waals surface area contributed by atoms with Crippen LogP contribution in [0, 0.1) is 0 Å². The van der Waals surface area contributed by atoms with E-state index in [1.807, 2.05) is 14.1 Å². The second-order valence-corrected chi connectivity index (χ2v) is 3.39. The third-order valence-electron chi connectivity index (χ3n) is 2.67. The number of aliphatic hydroxyl groups is 1. The van der Waals surface area contributed by atoms with Gasteiger partial charge < -0.3 is 14.7 Å². The second-order valence-electron chi connectivity index (χ2n) is 3.39. The fourth-order valence-electron chi connectivity index (χ4n) is 1.50. The lowest BCUT2D eigenvalue weighted by Crippen LogP contribution is -2.51. The monoisotopic (exact) mass is 159 g/mol. The summed E-state index contributed by atoms with van der Waals surface area (Å²) in [6, 6.07) is 0. The summed E-state index contributed by atoms with van der Waals surface area (Å²) in [6.45, 7) is 1.79. The topological polar surface area (TPSA) is 32.7 Å². The van der Waals surface area contributed by atoms with Gasteiger partial charge in [0.25, 0.3) is 0 Å². The molecule has 1 N–H and O–H groups in total. The lowest BCUT2D eigenvalue weighted by molar-refractivity contribution is -0.0361. The first-order chi connectivity index (χ1) is 5.21. The van der Waals surface area contributed by atoms with Gasteiger partial charge in [-0.2, -0.15) is 0 Å². The van der Waals surface area contributed by atoms with Crippen molar-refractivity contribution >= 4 is 0 Å². The second kappa shape index (κ2) is 3.52. The first-order valence-electron chi connectivity index (χ1n) is 4.07. The Morgan fingerprint density at radius 2 is 1.91 bits per heavy atom. The molecule has 11 heavy (non-hydrogen) atoms. The Morgan fingerprint density at radius 3 is 2.18 bits per heavy atom. The molecule has 3 nitrogen and oxygen atoms in total. The van der Waals surface area contributed by atoms with Crippen molar-refractivity contribution in [3.05, 3.63) is 0 Å². The van der Waals surface area contributed by atoms with Gasteiger partial charge >= 0.3 is 0 Å². The van der Waals surface area contributed by atoms with E-state index in [1.54, 1.807) is 0 Å². The quantitative estimate of drug-likeness (QED) is 0.620. The van der Waals surface area contributed by atoms with Gasteiger partial charge in [0.2, 0.25) is 0 Å². The third-order valence-corrected chi connectivity index (χ3v) is 2.67. The average Bonchev–Trinajstić information content (AvgIpc) is 2.05. The van der Waals surface area contributed by atoms with Crippen LogP contribution in [0.2, 0.25) is 0 Å². The lowest BCUT2D eigenvalue weighted by atomic mass is 9.90. The van der Waals surface area contributed by atoms with Crippen LogP contribution in [0.4, 0.5) is 0 Å². The van der Waals surface area contributed by atoms with Gasteiger partial charge in [0.05, 0.1) is 6.61 Å². The summed E-state index contributed by atoms with van der Waals surface area (Å²) >= 11 is 0. The van der Waals surface area contributed by atoms with Gasteiger partial charge in [-0.25, -0.2) is 0 Å². The van der Waals surface area contributed by atoms with Crippen molar-refractivity contribution in [1.29, 1.82) is 0 Å². The summed E-state index contributed by atoms with van der Waals surface area (Å²) in [5, 5.41) is 9.21. The third kappa shape index (κ3) is 1.72. The Hall–Kier alpha value is -0.120. The van der Waals surface area contributed by atoms with Crippen LogP contribution in [0.15, 0.2) is 0 Å². The van der Waals surface area contributed by atoms with E-state index in [9.17, 15) is 5.11 Å². The predicted molar refractivity (Wildman–Crippen MR) is 43.6 cm³/mol. The molecule has 0 amide bonds. The Balaban J connectivity index is 2.57. The number of nitrogens with zero attached hydrogens (tertiary/aromatic N) is 1. The van der Waals surface area contributed by atoms with Gasteiger partial charge in [-0.05, 0) is 26.9 Å². The predicted octanol–water partition coefficient (Wildman–Crippen LogP) is 0.0895. The summed E-state index contributed by atoms with van der Waals surface area (Å²) in [6.07, 6.45) is 1.88. The highest BCUT2D eigenvalue weighted by Gasteiger charge is 2.33. The fourth-order valence-corrected chi connectivity index (χ4v) is 1.50. The molecule has 0 spiro atoms. The largest absolute Gasteiger partial charge is 0.394 e. The van der Waals surface area contributed by atoms with E-state index in [-0.39, 0.29) is 12.1 Å². The van der Waals surface area contributed by atoms with Crippen LogP contribution in [0.1, 0.15) is 12.8 Å². The minimum absolute atomic E-state index is 0.0156. The van der Waals surface area contributed by atoms with Gasteiger partial charge in [-0.1, -0.05) is 0 Å². The Kier molecular flexibility index (Phi) is 2.87. The van der Waals surface area contributed by atoms with Crippen molar-refractivity contribution in [2.24, 2.45) is 0 Å². The lowest BCUT2D eigenvalue weighted by Gasteiger charge is -2.41. The van der Waals surface area contributed by atoms with Gasteiger partial charge in [-0.15, -0.1) is 0 Å². The molecule has 3 heteroatoms. The number of rotatable bonds is 2. The molecule has 66 valence electrons. The molecule has 0 unspecified atom stereocenters. The molecule has 1 heterocycles. The average molecular weight is 159 g/mol. The zero-order valence-electron chi connectivity index (χ0n) is 7.34. The van der Waals surface area contributed by atoms with E-state index in [4.69, 9.17) is 4.74 Å². The van der Waals surface area contributed by atoms with Crippen molar-refractivity contribution < 1.29 is 9.84 Å². The Morgan fingerprint density at radius 1 is 1.36 bits per heavy atom. The molecule has 0 aromatic rings. The van der Waals surface area contributed by atoms with Crippen molar-refractivity contribution in [3.63, 3.8) is 0 Å². The van der Waals surface area contributed by atoms with Crippen molar-refractivity contribution in [2.45, 2.75) is 18.4 Å². The zero-order valence-corrected chi connectivity index (χ0v) is 7.34. The molecular formula is C8H17NO2. The zero-order chi connectivity index (χ0) is 8.32. The number of ether oxygens (including phenoxy) is 1. The summed E-state index contributed by atoms with van der Waals surface area (Å²) in [5.41, 5.74) is -0.0156. The molecule has 0 aliphatic carbocycles. The minimum Gasteiger partial charge on any atom is -0.394 e. The maximum Gasteiger partial charge on any atom is 0.0616 e. The van der Waals surface area contributed by atoms with Gasteiger partial charge in [0.15, 0.2) is 0 Å². The van der Waals surface area contributed by atoms with Crippen LogP contribution in [-0.4, -0.2) is 49.5 Å². The maximum absolute atomic E-state index is 9.21. The molecule has 0 aromatic carbocycles. The SMILES string of the molecule is CN(C)C1(CO)CCOCC1. The van der Waals surface area contributed by atoms with E-state index in [0.29, 0.717) is 0 Å².